The molecule has 0 unspecified atom stereocenters. The molecule has 0 saturated carbocycles. The van der Waals surface area contributed by atoms with Crippen LogP contribution in [0.5, 0.6) is 0 Å². The van der Waals surface area contributed by atoms with Gasteiger partial charge in [0.25, 0.3) is 0 Å². The molecule has 0 aromatic heterocycles. The molecule has 2 N–H and O–H groups in total. The van der Waals surface area contributed by atoms with Gasteiger partial charge in [-0.2, -0.15) is 0 Å². The number of thioether (sulfide) groups is 1. The van der Waals surface area contributed by atoms with Gasteiger partial charge in [0.15, 0.2) is 5.17 Å². The van der Waals surface area contributed by atoms with Crippen molar-refractivity contribution >= 4 is 22.8 Å². The number of hydrogen-bond donors (Lipinski definition) is 1. The summed E-state index contributed by atoms with van der Waals surface area (Å²) >= 11 is 1.35. The number of piperidine rings is 1. The van der Waals surface area contributed by atoms with Crippen LogP contribution < -0.4 is 5.73 Å². The third-order valence-corrected chi connectivity index (χ3v) is 4.05. The zero-order valence-electron chi connectivity index (χ0n) is 12.8. The van der Waals surface area contributed by atoms with Gasteiger partial charge in [-0.15, -0.1) is 0 Å². The predicted octanol–water partition coefficient (Wildman–Crippen LogP) is 2.62. The number of rotatable bonds is 2. The minimum Gasteiger partial charge on any atom is -0.379 e. The highest BCUT2D eigenvalue weighted by Gasteiger charge is 2.28. The summed E-state index contributed by atoms with van der Waals surface area (Å²) in [5, 5.41) is 0.498. The molecule has 0 aromatic rings. The molecule has 0 spiro atoms. The number of hydrogen-bond acceptors (Lipinski definition) is 3. The third-order valence-electron chi connectivity index (χ3n) is 3.27. The van der Waals surface area contributed by atoms with E-state index in [1.54, 1.807) is 0 Å². The summed E-state index contributed by atoms with van der Waals surface area (Å²) in [6.45, 7) is 10.3. The highest BCUT2D eigenvalue weighted by Crippen LogP contribution is 2.23. The van der Waals surface area contributed by atoms with E-state index in [1.165, 1.54) is 18.2 Å². The normalized spacial score (nSPS) is 25.5. The van der Waals surface area contributed by atoms with Crippen molar-refractivity contribution in [3.63, 3.8) is 0 Å². The van der Waals surface area contributed by atoms with Crippen molar-refractivity contribution in [2.45, 2.75) is 71.5 Å². The number of carbonyl (C=O) groups excluding carboxylic acids is 1. The largest absolute Gasteiger partial charge is 0.379 e. The van der Waals surface area contributed by atoms with E-state index in [0.717, 1.165) is 12.8 Å². The lowest BCUT2D eigenvalue weighted by Crippen LogP contribution is -2.48. The van der Waals surface area contributed by atoms with E-state index in [4.69, 9.17) is 5.73 Å². The Morgan fingerprint density at radius 2 is 1.84 bits per heavy atom. The van der Waals surface area contributed by atoms with E-state index in [-0.39, 0.29) is 11.4 Å². The van der Waals surface area contributed by atoms with Crippen LogP contribution in [0.15, 0.2) is 4.99 Å². The number of amides is 1. The summed E-state index contributed by atoms with van der Waals surface area (Å²) in [6, 6.07) is 0.690. The lowest BCUT2D eigenvalue weighted by Gasteiger charge is -2.39. The van der Waals surface area contributed by atoms with Crippen LogP contribution in [0, 0.1) is 0 Å². The van der Waals surface area contributed by atoms with Gasteiger partial charge in [-0.1, -0.05) is 11.8 Å². The number of amidine groups is 1. The van der Waals surface area contributed by atoms with E-state index in [9.17, 15) is 4.79 Å². The third kappa shape index (κ3) is 5.43. The van der Waals surface area contributed by atoms with Gasteiger partial charge < -0.3 is 10.6 Å². The average molecular weight is 285 g/mol. The van der Waals surface area contributed by atoms with Crippen molar-refractivity contribution in [1.82, 2.24) is 4.90 Å². The smallest absolute Gasteiger partial charge is 0.233 e. The first kappa shape index (κ1) is 16.3. The molecule has 2 atom stereocenters. The summed E-state index contributed by atoms with van der Waals surface area (Å²) in [4.78, 5) is 18.6. The molecule has 110 valence electrons. The van der Waals surface area contributed by atoms with Gasteiger partial charge in [-0.25, -0.2) is 0 Å². The standard InChI is InChI=1S/C14H27N3OS/c1-10-7-6-8-11(2)17(10)12(18)9-19-13(15)16-14(3,4)5/h10-11H,6-9H2,1-5H3,(H2,15,16)/t10-,11+. The van der Waals surface area contributed by atoms with Crippen molar-refractivity contribution in [1.29, 1.82) is 0 Å². The van der Waals surface area contributed by atoms with E-state index < -0.39 is 0 Å². The fraction of sp³-hybridized carbons (Fsp3) is 0.857. The molecule has 0 bridgehead atoms. The Bertz CT molecular complexity index is 339. The van der Waals surface area contributed by atoms with Crippen LogP contribution in [0.2, 0.25) is 0 Å². The molecule has 4 nitrogen and oxygen atoms in total. The predicted molar refractivity (Wildman–Crippen MR) is 83.5 cm³/mol. The Morgan fingerprint density at radius 1 is 1.32 bits per heavy atom. The first-order valence-corrected chi connectivity index (χ1v) is 7.98. The van der Waals surface area contributed by atoms with Crippen molar-refractivity contribution in [2.24, 2.45) is 10.7 Å². The van der Waals surface area contributed by atoms with Gasteiger partial charge in [-0.3, -0.25) is 9.79 Å². The average Bonchev–Trinajstić information content (AvgIpc) is 2.23. The molecule has 5 heteroatoms. The van der Waals surface area contributed by atoms with Gasteiger partial charge in [0.2, 0.25) is 5.91 Å². The summed E-state index contributed by atoms with van der Waals surface area (Å²) < 4.78 is 0. The molecule has 1 heterocycles. The van der Waals surface area contributed by atoms with Gasteiger partial charge in [0.1, 0.15) is 0 Å². The number of carbonyl (C=O) groups is 1. The molecule has 1 rings (SSSR count). The lowest BCUT2D eigenvalue weighted by atomic mass is 9.98. The maximum Gasteiger partial charge on any atom is 0.233 e. The molecule has 0 aliphatic carbocycles. The maximum atomic E-state index is 12.3. The second-order valence-corrected chi connectivity index (χ2v) is 7.34. The van der Waals surface area contributed by atoms with Crippen LogP contribution in [-0.2, 0) is 4.79 Å². The molecule has 0 radical (unpaired) electrons. The minimum atomic E-state index is -0.189. The van der Waals surface area contributed by atoms with Gasteiger partial charge in [-0.05, 0) is 53.9 Å². The van der Waals surface area contributed by atoms with Crippen molar-refractivity contribution < 1.29 is 4.79 Å². The van der Waals surface area contributed by atoms with E-state index in [1.807, 2.05) is 25.7 Å². The minimum absolute atomic E-state index is 0.178. The Hall–Kier alpha value is -0.710. The van der Waals surface area contributed by atoms with E-state index in [0.29, 0.717) is 23.0 Å². The van der Waals surface area contributed by atoms with Gasteiger partial charge in [0.05, 0.1) is 11.3 Å². The van der Waals surface area contributed by atoms with Crippen molar-refractivity contribution in [3.8, 4) is 0 Å². The van der Waals surface area contributed by atoms with Crippen LogP contribution >= 0.6 is 11.8 Å². The molecule has 1 aliphatic heterocycles. The maximum absolute atomic E-state index is 12.3. The second-order valence-electron chi connectivity index (χ2n) is 6.34. The molecule has 19 heavy (non-hydrogen) atoms. The molecule has 1 saturated heterocycles. The molecule has 1 aliphatic rings. The zero-order valence-corrected chi connectivity index (χ0v) is 13.6. The Balaban J connectivity index is 2.53. The summed E-state index contributed by atoms with van der Waals surface area (Å²) in [7, 11) is 0. The fourth-order valence-corrected chi connectivity index (χ4v) is 3.24. The molecule has 1 fully saturated rings. The molecule has 0 aromatic carbocycles. The highest BCUT2D eigenvalue weighted by atomic mass is 32.2. The quantitative estimate of drug-likeness (QED) is 0.627. The van der Waals surface area contributed by atoms with E-state index in [2.05, 4.69) is 18.8 Å². The van der Waals surface area contributed by atoms with Crippen LogP contribution in [0.4, 0.5) is 0 Å². The van der Waals surface area contributed by atoms with Crippen molar-refractivity contribution in [2.75, 3.05) is 5.75 Å². The summed E-state index contributed by atoms with van der Waals surface area (Å²) in [5.74, 6) is 0.567. The van der Waals surface area contributed by atoms with Gasteiger partial charge in [0, 0.05) is 12.1 Å². The SMILES string of the molecule is C[C@@H]1CCC[C@H](C)N1C(=O)CSC(N)=NC(C)(C)C. The number of nitrogens with two attached hydrogens (primary N) is 1. The molecular formula is C14H27N3OS. The number of likely N-dealkylation sites (tertiary alicyclic amines) is 1. The molecular weight excluding hydrogens is 258 g/mol. The number of aliphatic imine (C=N–C) groups is 1. The van der Waals surface area contributed by atoms with Crippen LogP contribution in [-0.4, -0.2) is 39.4 Å². The van der Waals surface area contributed by atoms with E-state index >= 15 is 0 Å². The Labute approximate surface area is 121 Å². The molecule has 1 amide bonds. The first-order valence-electron chi connectivity index (χ1n) is 7.00. The van der Waals surface area contributed by atoms with Gasteiger partial charge >= 0.3 is 0 Å². The second kappa shape index (κ2) is 6.64. The van der Waals surface area contributed by atoms with Crippen molar-refractivity contribution in [3.05, 3.63) is 0 Å². The van der Waals surface area contributed by atoms with Crippen LogP contribution in [0.1, 0.15) is 53.9 Å². The number of nitrogens with zero attached hydrogens (tertiary/aromatic N) is 2. The van der Waals surface area contributed by atoms with Crippen LogP contribution in [0.25, 0.3) is 0 Å². The topological polar surface area (TPSA) is 58.7 Å². The highest BCUT2D eigenvalue weighted by molar-refractivity contribution is 8.14. The zero-order chi connectivity index (χ0) is 14.6. The fourth-order valence-electron chi connectivity index (χ4n) is 2.49. The monoisotopic (exact) mass is 285 g/mol. The first-order chi connectivity index (χ1) is 8.70. The summed E-state index contributed by atoms with van der Waals surface area (Å²) in [6.07, 6.45) is 3.42. The van der Waals surface area contributed by atoms with Crippen LogP contribution in [0.3, 0.4) is 0 Å². The Kier molecular flexibility index (Phi) is 5.71. The lowest BCUT2D eigenvalue weighted by molar-refractivity contribution is -0.134. The summed E-state index contributed by atoms with van der Waals surface area (Å²) in [5.41, 5.74) is 5.66. The Morgan fingerprint density at radius 3 is 2.32 bits per heavy atom.